The summed E-state index contributed by atoms with van der Waals surface area (Å²) in [6.07, 6.45) is 15.4. The summed E-state index contributed by atoms with van der Waals surface area (Å²) in [6.45, 7) is 6.69. The fourth-order valence-corrected chi connectivity index (χ4v) is 4.33. The van der Waals surface area contributed by atoms with Gasteiger partial charge in [0, 0.05) is 26.2 Å². The summed E-state index contributed by atoms with van der Waals surface area (Å²) in [5.74, 6) is 1.32. The Morgan fingerprint density at radius 3 is 2.37 bits per heavy atom. The van der Waals surface area contributed by atoms with Crippen molar-refractivity contribution in [2.75, 3.05) is 0 Å². The van der Waals surface area contributed by atoms with Crippen LogP contribution in [0.1, 0.15) is 63.0 Å². The number of allylic oxidation sites excluding steroid dienone is 2. The Bertz CT molecular complexity index is 939. The maximum absolute atomic E-state index is 3.67. The quantitative estimate of drug-likeness (QED) is 0.580. The molecule has 0 heterocycles. The number of rotatable bonds is 3. The maximum atomic E-state index is 3.67. The molecule has 0 aromatic heterocycles. The summed E-state index contributed by atoms with van der Waals surface area (Å²) in [5, 5.41) is 2.60. The van der Waals surface area contributed by atoms with Crippen molar-refractivity contribution in [3.05, 3.63) is 69.6 Å². The van der Waals surface area contributed by atoms with Gasteiger partial charge in [-0.15, -0.1) is 0 Å². The van der Waals surface area contributed by atoms with Gasteiger partial charge in [0.15, 0.2) is 0 Å². The van der Waals surface area contributed by atoms with Gasteiger partial charge in [0.1, 0.15) is 0 Å². The van der Waals surface area contributed by atoms with Gasteiger partial charge >= 0.3 is 0 Å². The molecular weight excluding hydrogens is 404 g/mol. The van der Waals surface area contributed by atoms with Crippen molar-refractivity contribution in [2.24, 2.45) is 5.92 Å². The van der Waals surface area contributed by atoms with Crippen LogP contribution in [0.3, 0.4) is 0 Å². The third kappa shape index (κ3) is 4.63. The van der Waals surface area contributed by atoms with Crippen LogP contribution in [-0.4, -0.2) is 0 Å². The molecule has 0 saturated heterocycles. The van der Waals surface area contributed by atoms with Crippen molar-refractivity contribution in [1.29, 1.82) is 0 Å². The molecule has 27 heavy (non-hydrogen) atoms. The fraction of sp³-hybridized carbons (Fsp3) is 0.385. The van der Waals surface area contributed by atoms with Crippen LogP contribution in [0, 0.1) is 12.8 Å². The molecule has 2 aliphatic rings. The normalized spacial score (nSPS) is 18.0. The van der Waals surface area contributed by atoms with Crippen molar-refractivity contribution in [3.8, 4) is 11.1 Å². The van der Waals surface area contributed by atoms with E-state index >= 15 is 0 Å². The van der Waals surface area contributed by atoms with Crippen LogP contribution in [-0.2, 0) is 26.2 Å². The Balaban J connectivity index is 0.00000210. The zero-order chi connectivity index (χ0) is 18.1. The van der Waals surface area contributed by atoms with Crippen molar-refractivity contribution in [1.82, 2.24) is 0 Å². The summed E-state index contributed by atoms with van der Waals surface area (Å²) < 4.78 is 0. The van der Waals surface area contributed by atoms with Crippen LogP contribution in [0.5, 0.6) is 0 Å². The molecule has 4 rings (SSSR count). The molecule has 0 bridgehead atoms. The topological polar surface area (TPSA) is 0 Å². The van der Waals surface area contributed by atoms with Crippen LogP contribution >= 0.6 is 0 Å². The van der Waals surface area contributed by atoms with Crippen LogP contribution in [0.15, 0.2) is 48.0 Å². The second-order valence-corrected chi connectivity index (χ2v) is 8.34. The Morgan fingerprint density at radius 2 is 1.70 bits per heavy atom. The van der Waals surface area contributed by atoms with Gasteiger partial charge in [-0.2, -0.15) is 0 Å². The SMILES string of the molecule is Cc1cc(-c2ccc(C(C)C)cc2)c2c(c1)=[C]C(=CC1CCCCC1)C=2.[Zr]. The third-order valence-corrected chi connectivity index (χ3v) is 5.86. The average Bonchev–Trinajstić information content (AvgIpc) is 3.04. The Morgan fingerprint density at radius 1 is 1.00 bits per heavy atom. The standard InChI is InChI=1S/C26H29.Zr/c1-18(2)22-9-11-23(12-10-22)25-14-19(3)13-24-16-21(17-26(24)25)15-20-7-5-4-6-8-20;/h9-15,17-18,20H,4-8H2,1-3H3;. The molecule has 2 aliphatic carbocycles. The number of benzene rings is 2. The average molecular weight is 433 g/mol. The van der Waals surface area contributed by atoms with Crippen molar-refractivity contribution >= 4 is 12.2 Å². The fourth-order valence-electron chi connectivity index (χ4n) is 4.33. The largest absolute Gasteiger partial charge is 0.0735 e. The predicted molar refractivity (Wildman–Crippen MR) is 112 cm³/mol. The van der Waals surface area contributed by atoms with Crippen molar-refractivity contribution in [3.63, 3.8) is 0 Å². The second kappa shape index (κ2) is 8.87. The van der Waals surface area contributed by atoms with Crippen molar-refractivity contribution < 1.29 is 26.2 Å². The Labute approximate surface area is 183 Å². The molecule has 0 spiro atoms. The first-order valence-corrected chi connectivity index (χ1v) is 10.2. The first-order chi connectivity index (χ1) is 12.6. The summed E-state index contributed by atoms with van der Waals surface area (Å²) in [6, 6.07) is 13.7. The van der Waals surface area contributed by atoms with E-state index in [9.17, 15) is 0 Å². The summed E-state index contributed by atoms with van der Waals surface area (Å²) >= 11 is 0. The molecule has 2 aromatic carbocycles. The molecule has 0 atom stereocenters. The minimum Gasteiger partial charge on any atom is -0.0735 e. The number of hydrogen-bond acceptors (Lipinski definition) is 0. The predicted octanol–water partition coefficient (Wildman–Crippen LogP) is 5.74. The Hall–Kier alpha value is -1.20. The summed E-state index contributed by atoms with van der Waals surface area (Å²) in [7, 11) is 0. The van der Waals surface area contributed by atoms with Gasteiger partial charge in [0.2, 0.25) is 0 Å². The van der Waals surface area contributed by atoms with E-state index in [0.717, 1.165) is 5.92 Å². The van der Waals surface area contributed by atoms with E-state index in [4.69, 9.17) is 0 Å². The zero-order valence-corrected chi connectivity index (χ0v) is 19.3. The van der Waals surface area contributed by atoms with E-state index in [1.807, 2.05) is 0 Å². The monoisotopic (exact) mass is 431 g/mol. The minimum atomic E-state index is 0. The maximum Gasteiger partial charge on any atom is 0 e. The van der Waals surface area contributed by atoms with E-state index < -0.39 is 0 Å². The zero-order valence-electron chi connectivity index (χ0n) is 16.8. The van der Waals surface area contributed by atoms with E-state index in [-0.39, 0.29) is 26.2 Å². The molecule has 1 saturated carbocycles. The van der Waals surface area contributed by atoms with Gasteiger partial charge in [0.25, 0.3) is 0 Å². The molecule has 137 valence electrons. The summed E-state index contributed by atoms with van der Waals surface area (Å²) in [5.41, 5.74) is 6.66. The second-order valence-electron chi connectivity index (χ2n) is 8.34. The van der Waals surface area contributed by atoms with E-state index in [2.05, 4.69) is 75.4 Å². The molecule has 0 unspecified atom stereocenters. The smallest absolute Gasteiger partial charge is 0 e. The van der Waals surface area contributed by atoms with Gasteiger partial charge in [0.05, 0.1) is 0 Å². The molecule has 1 heteroatoms. The van der Waals surface area contributed by atoms with E-state index in [1.165, 1.54) is 70.4 Å². The Kier molecular flexibility index (Phi) is 6.75. The number of fused-ring (bicyclic) bond motifs is 1. The summed E-state index contributed by atoms with van der Waals surface area (Å²) in [4.78, 5) is 0. The van der Waals surface area contributed by atoms with Gasteiger partial charge in [-0.25, -0.2) is 0 Å². The molecule has 2 aromatic rings. The van der Waals surface area contributed by atoms with Crippen LogP contribution < -0.4 is 10.4 Å². The van der Waals surface area contributed by atoms with E-state index in [1.54, 1.807) is 0 Å². The van der Waals surface area contributed by atoms with E-state index in [0.29, 0.717) is 5.92 Å². The minimum absolute atomic E-state index is 0. The number of aryl methyl sites for hydroxylation is 1. The molecule has 0 N–H and O–H groups in total. The van der Waals surface area contributed by atoms with Gasteiger partial charge in [-0.3, -0.25) is 0 Å². The van der Waals surface area contributed by atoms with Gasteiger partial charge in [-0.05, 0) is 82.0 Å². The van der Waals surface area contributed by atoms with Gasteiger partial charge < -0.3 is 0 Å². The molecule has 0 aliphatic heterocycles. The first-order valence-electron chi connectivity index (χ1n) is 10.2. The van der Waals surface area contributed by atoms with Gasteiger partial charge in [-0.1, -0.05) is 75.6 Å². The van der Waals surface area contributed by atoms with Crippen LogP contribution in [0.25, 0.3) is 23.3 Å². The molecule has 1 radical (unpaired) electrons. The first kappa shape index (κ1) is 20.5. The molecule has 0 nitrogen and oxygen atoms in total. The van der Waals surface area contributed by atoms with Crippen molar-refractivity contribution in [2.45, 2.75) is 58.8 Å². The third-order valence-electron chi connectivity index (χ3n) is 5.86. The molecule has 0 amide bonds. The van der Waals surface area contributed by atoms with Crippen LogP contribution in [0.4, 0.5) is 0 Å². The molecule has 1 fully saturated rings. The molecular formula is C26H29Zr. The number of hydrogen-bond donors (Lipinski definition) is 0. The van der Waals surface area contributed by atoms with Crippen LogP contribution in [0.2, 0.25) is 0 Å².